The first-order valence-corrected chi connectivity index (χ1v) is 19.4. The van der Waals surface area contributed by atoms with Crippen molar-refractivity contribution in [2.75, 3.05) is 0 Å². The first-order chi connectivity index (χ1) is 20.1. The molecule has 0 atom stereocenters. The minimum absolute atomic E-state index is 0. The third kappa shape index (κ3) is 5.98. The van der Waals surface area contributed by atoms with Gasteiger partial charge in [0.1, 0.15) is 0 Å². The normalized spacial score (nSPS) is 14.6. The number of allylic oxidation sites excluding steroid dienone is 4. The Morgan fingerprint density at radius 3 is 1.77 bits per heavy atom. The minimum Gasteiger partial charge on any atom is -1.00 e. The van der Waals surface area contributed by atoms with Crippen LogP contribution in [0.15, 0.2) is 100 Å². The van der Waals surface area contributed by atoms with Crippen LogP contribution in [0.2, 0.25) is 0 Å². The molecule has 0 nitrogen and oxygen atoms in total. The molecule has 0 radical (unpaired) electrons. The van der Waals surface area contributed by atoms with E-state index in [-0.39, 0.29) is 35.6 Å². The molecule has 0 amide bonds. The van der Waals surface area contributed by atoms with Crippen molar-refractivity contribution >= 4 is 6.48 Å². The minimum atomic E-state index is -2.28. The third-order valence-corrected chi connectivity index (χ3v) is 17.3. The van der Waals surface area contributed by atoms with E-state index < -0.39 is 21.3 Å². The molecule has 0 aromatic heterocycles. The van der Waals surface area contributed by atoms with Gasteiger partial charge in [-0.3, -0.25) is 0 Å². The number of hydrogen-bond acceptors (Lipinski definition) is 0. The van der Waals surface area contributed by atoms with E-state index in [1.807, 2.05) is 3.21 Å². The van der Waals surface area contributed by atoms with Gasteiger partial charge in [-0.1, -0.05) is 0 Å². The predicted octanol–water partition coefficient (Wildman–Crippen LogP) is 4.25. The second kappa shape index (κ2) is 12.5. The van der Waals surface area contributed by atoms with Gasteiger partial charge < -0.3 is 24.8 Å². The van der Waals surface area contributed by atoms with Gasteiger partial charge >= 0.3 is 262 Å². The van der Waals surface area contributed by atoms with Gasteiger partial charge in [-0.05, 0) is 0 Å². The van der Waals surface area contributed by atoms with E-state index >= 15 is 0 Å². The molecular weight excluding hydrogens is 655 g/mol. The van der Waals surface area contributed by atoms with Crippen molar-refractivity contribution in [3.05, 3.63) is 123 Å². The van der Waals surface area contributed by atoms with Crippen molar-refractivity contribution in [3.63, 3.8) is 0 Å². The molecule has 0 heterocycles. The van der Waals surface area contributed by atoms with E-state index in [0.717, 1.165) is 12.8 Å². The van der Waals surface area contributed by atoms with Crippen LogP contribution in [-0.4, -0.2) is 3.21 Å². The first kappa shape index (κ1) is 33.1. The van der Waals surface area contributed by atoms with E-state index in [9.17, 15) is 0 Å². The Morgan fingerprint density at radius 2 is 1.23 bits per heavy atom. The summed E-state index contributed by atoms with van der Waals surface area (Å²) in [5.41, 5.74) is 14.9. The van der Waals surface area contributed by atoms with Crippen molar-refractivity contribution in [3.8, 4) is 33.4 Å². The van der Waals surface area contributed by atoms with Crippen molar-refractivity contribution in [2.45, 2.75) is 78.1 Å². The summed E-state index contributed by atoms with van der Waals surface area (Å²) >= 11 is -2.28. The third-order valence-electron chi connectivity index (χ3n) is 9.29. The summed E-state index contributed by atoms with van der Waals surface area (Å²) in [6.07, 6.45) is 12.1. The van der Waals surface area contributed by atoms with Crippen LogP contribution in [0.4, 0.5) is 0 Å². The molecule has 3 aliphatic rings. The van der Waals surface area contributed by atoms with Crippen LogP contribution < -0.4 is 28.1 Å². The number of fused-ring (bicyclic) bond motifs is 3. The Kier molecular flexibility index (Phi) is 9.37. The smallest absolute Gasteiger partial charge is 1.00 e. The van der Waals surface area contributed by atoms with Gasteiger partial charge in [0.25, 0.3) is 0 Å². The zero-order valence-corrected chi connectivity index (χ0v) is 30.8. The van der Waals surface area contributed by atoms with Crippen LogP contribution in [-0.2, 0) is 38.5 Å². The summed E-state index contributed by atoms with van der Waals surface area (Å²) in [4.78, 5) is 0. The molecule has 4 aromatic carbocycles. The maximum Gasteiger partial charge on any atom is -1.00 e. The van der Waals surface area contributed by atoms with Gasteiger partial charge in [0.15, 0.2) is 0 Å². The second-order valence-electron chi connectivity index (χ2n) is 14.5. The Morgan fingerprint density at radius 1 is 0.636 bits per heavy atom. The summed E-state index contributed by atoms with van der Waals surface area (Å²) in [5, 5.41) is 0. The first-order valence-electron chi connectivity index (χ1n) is 15.7. The molecule has 224 valence electrons. The van der Waals surface area contributed by atoms with E-state index in [1.165, 1.54) is 57.3 Å². The average Bonchev–Trinajstić information content (AvgIpc) is 3.51. The van der Waals surface area contributed by atoms with E-state index in [2.05, 4.69) is 139 Å². The van der Waals surface area contributed by atoms with E-state index in [0.29, 0.717) is 0 Å². The average molecular weight is 697 g/mol. The van der Waals surface area contributed by atoms with Crippen LogP contribution in [0.1, 0.15) is 83.1 Å². The van der Waals surface area contributed by atoms with E-state index in [4.69, 9.17) is 0 Å². The largest absolute Gasteiger partial charge is 1.00 e. The molecular formula is C41H42Cl2Zr. The van der Waals surface area contributed by atoms with Gasteiger partial charge in [-0.2, -0.15) is 0 Å². The molecule has 0 saturated heterocycles. The molecule has 1 saturated carbocycles. The molecule has 0 bridgehead atoms. The second-order valence-corrected chi connectivity index (χ2v) is 20.9. The molecule has 1 fully saturated rings. The predicted molar refractivity (Wildman–Crippen MR) is 179 cm³/mol. The van der Waals surface area contributed by atoms with Gasteiger partial charge in [0, 0.05) is 0 Å². The van der Waals surface area contributed by atoms with Crippen LogP contribution >= 0.6 is 0 Å². The van der Waals surface area contributed by atoms with Crippen LogP contribution in [0, 0.1) is 0 Å². The number of hydrogen-bond donors (Lipinski definition) is 0. The summed E-state index contributed by atoms with van der Waals surface area (Å²) in [6.45, 7) is 14.4. The summed E-state index contributed by atoms with van der Waals surface area (Å²) in [7, 11) is 0. The molecule has 44 heavy (non-hydrogen) atoms. The molecule has 0 unspecified atom stereocenters. The molecule has 3 aliphatic carbocycles. The Bertz CT molecular complexity index is 1810. The Balaban J connectivity index is 0.00000192. The van der Waals surface area contributed by atoms with Crippen LogP contribution in [0.3, 0.4) is 0 Å². The topological polar surface area (TPSA) is 0 Å². The van der Waals surface area contributed by atoms with Gasteiger partial charge in [-0.25, -0.2) is 0 Å². The Hall–Kier alpha value is -2.31. The standard InChI is InChI=1S/C33H33.C5H5.C3H4.2ClH.Zr/c1-32(2,3)30-20-26-24(18-28(30)22-13-9-7-10-14-22)17-25-19-29(23-15-11-8-12-16-23)31(21-27(25)26)33(4,5)6;1-2-4-5-3-1;1-2-3-1;;;/h7-16,18,20-21H,17H2,1-6H3;1-3H,4H2;1-2H2;2*1H;/q;;;;;+2/p-2. The number of rotatable bonds is 4. The van der Waals surface area contributed by atoms with Gasteiger partial charge in [0.05, 0.1) is 0 Å². The van der Waals surface area contributed by atoms with Gasteiger partial charge in [0.2, 0.25) is 0 Å². The van der Waals surface area contributed by atoms with Crippen molar-refractivity contribution in [1.82, 2.24) is 0 Å². The van der Waals surface area contributed by atoms with E-state index in [1.54, 1.807) is 17.7 Å². The monoisotopic (exact) mass is 694 g/mol. The summed E-state index contributed by atoms with van der Waals surface area (Å²) in [6, 6.07) is 30.2. The quantitative estimate of drug-likeness (QED) is 0.264. The van der Waals surface area contributed by atoms with Crippen molar-refractivity contribution in [2.24, 2.45) is 0 Å². The number of halogens is 2. The Labute approximate surface area is 284 Å². The summed E-state index contributed by atoms with van der Waals surface area (Å²) < 4.78 is 5.46. The van der Waals surface area contributed by atoms with Crippen molar-refractivity contribution in [1.29, 1.82) is 0 Å². The van der Waals surface area contributed by atoms with Gasteiger partial charge in [-0.15, -0.1) is 0 Å². The zero-order chi connectivity index (χ0) is 29.2. The SMILES string of the molecule is CC(C)(C)c1cc2c(cc1-c1ccccc1)Cc1c-2cc(C(C)(C)C)c(-c2ccccc2)[c]1[Zr+2]([C]1=CC=CC1)=[C]1CC1.[Cl-].[Cl-]. The van der Waals surface area contributed by atoms with Crippen LogP contribution in [0.25, 0.3) is 33.4 Å². The molecule has 3 heteroatoms. The maximum atomic E-state index is 2.61. The molecule has 7 rings (SSSR count). The maximum absolute atomic E-state index is 2.61. The fraction of sp³-hybridized carbons (Fsp3) is 0.293. The molecule has 4 aromatic rings. The fourth-order valence-corrected chi connectivity index (χ4v) is 15.5. The summed E-state index contributed by atoms with van der Waals surface area (Å²) in [5.74, 6) is 0. The molecule has 0 N–H and O–H groups in total. The molecule has 0 aliphatic heterocycles. The fourth-order valence-electron chi connectivity index (χ4n) is 7.14. The van der Waals surface area contributed by atoms with Crippen LogP contribution in [0.5, 0.6) is 0 Å². The van der Waals surface area contributed by atoms with Crippen molar-refractivity contribution < 1.29 is 46.1 Å². The molecule has 0 spiro atoms. The zero-order valence-electron chi connectivity index (χ0n) is 26.8. The number of benzene rings is 4.